The third kappa shape index (κ3) is 2.78. The summed E-state index contributed by atoms with van der Waals surface area (Å²) in [5.74, 6) is 0. The minimum absolute atomic E-state index is 0.275. The van der Waals surface area contributed by atoms with Crippen LogP contribution in [0.3, 0.4) is 0 Å². The molecule has 0 unspecified atom stereocenters. The number of nitro benzene ring substituents is 1. The second-order valence-electron chi connectivity index (χ2n) is 5.26. The largest absolute Gasteiger partial charge is 0.395 e. The number of aliphatic hydroxyl groups excluding tert-OH is 1. The van der Waals surface area contributed by atoms with Gasteiger partial charge in [0.2, 0.25) is 10.0 Å². The van der Waals surface area contributed by atoms with Crippen LogP contribution in [0.15, 0.2) is 17.0 Å². The van der Waals surface area contributed by atoms with Crippen LogP contribution in [0.25, 0.3) is 0 Å². The highest BCUT2D eigenvalue weighted by molar-refractivity contribution is 7.89. The van der Waals surface area contributed by atoms with E-state index in [2.05, 4.69) is 0 Å². The quantitative estimate of drug-likeness (QED) is 0.668. The van der Waals surface area contributed by atoms with E-state index < -0.39 is 26.7 Å². The van der Waals surface area contributed by atoms with Crippen molar-refractivity contribution in [1.82, 2.24) is 4.31 Å². The predicted octanol–water partition coefficient (Wildman–Crippen LogP) is 1.36. The highest BCUT2D eigenvalue weighted by Crippen LogP contribution is 2.33. The number of sulfonamides is 1. The van der Waals surface area contributed by atoms with Crippen molar-refractivity contribution in [2.45, 2.75) is 37.6 Å². The van der Waals surface area contributed by atoms with Crippen molar-refractivity contribution >= 4 is 15.7 Å². The van der Waals surface area contributed by atoms with Crippen LogP contribution in [-0.4, -0.2) is 41.9 Å². The molecule has 0 amide bonds. The first-order chi connectivity index (χ1) is 9.78. The maximum absolute atomic E-state index is 12.7. The fraction of sp³-hybridized carbons (Fsp3) is 0.538. The standard InChI is InChI=1S/C13H18N2O5S/c1-9-6-12(15(17)18)13(7-10(9)2)21(19,20)14-5-3-4-11(14)8-16/h6-7,11,16H,3-5,8H2,1-2H3/t11-/m1/s1. The zero-order valence-corrected chi connectivity index (χ0v) is 12.8. The molecule has 1 aromatic carbocycles. The van der Waals surface area contributed by atoms with Gasteiger partial charge in [0.15, 0.2) is 4.90 Å². The first-order valence-electron chi connectivity index (χ1n) is 6.67. The smallest absolute Gasteiger partial charge is 0.289 e. The lowest BCUT2D eigenvalue weighted by Gasteiger charge is -2.22. The zero-order valence-electron chi connectivity index (χ0n) is 11.9. The van der Waals surface area contributed by atoms with Crippen LogP contribution in [0.5, 0.6) is 0 Å². The first-order valence-corrected chi connectivity index (χ1v) is 8.11. The lowest BCUT2D eigenvalue weighted by Crippen LogP contribution is -2.37. The lowest BCUT2D eigenvalue weighted by atomic mass is 10.1. The van der Waals surface area contributed by atoms with Gasteiger partial charge < -0.3 is 5.11 Å². The van der Waals surface area contributed by atoms with Crippen molar-refractivity contribution in [3.8, 4) is 0 Å². The third-order valence-corrected chi connectivity index (χ3v) is 5.87. The second kappa shape index (κ2) is 5.70. The molecule has 1 aliphatic rings. The topological polar surface area (TPSA) is 101 Å². The van der Waals surface area contributed by atoms with Gasteiger partial charge in [0.25, 0.3) is 5.69 Å². The molecule has 1 aromatic rings. The number of aliphatic hydroxyl groups is 1. The molecule has 1 atom stereocenters. The van der Waals surface area contributed by atoms with Crippen molar-refractivity contribution in [2.24, 2.45) is 0 Å². The molecular formula is C13H18N2O5S. The molecule has 0 saturated carbocycles. The third-order valence-electron chi connectivity index (χ3n) is 3.89. The molecule has 21 heavy (non-hydrogen) atoms. The van der Waals surface area contributed by atoms with E-state index in [9.17, 15) is 23.6 Å². The molecule has 1 N–H and O–H groups in total. The summed E-state index contributed by atoms with van der Waals surface area (Å²) in [4.78, 5) is 10.2. The van der Waals surface area contributed by atoms with E-state index in [1.54, 1.807) is 13.8 Å². The van der Waals surface area contributed by atoms with E-state index in [1.807, 2.05) is 0 Å². The Labute approximate surface area is 123 Å². The Morgan fingerprint density at radius 1 is 1.38 bits per heavy atom. The number of nitrogens with zero attached hydrogens (tertiary/aromatic N) is 2. The van der Waals surface area contributed by atoms with Crippen molar-refractivity contribution < 1.29 is 18.4 Å². The summed E-state index contributed by atoms with van der Waals surface area (Å²) in [6, 6.07) is 2.12. The number of rotatable bonds is 4. The molecule has 0 bridgehead atoms. The zero-order chi connectivity index (χ0) is 15.8. The van der Waals surface area contributed by atoms with Crippen LogP contribution < -0.4 is 0 Å². The summed E-state index contributed by atoms with van der Waals surface area (Å²) in [6.45, 7) is 3.41. The van der Waals surface area contributed by atoms with Gasteiger partial charge in [0.1, 0.15) is 0 Å². The van der Waals surface area contributed by atoms with Gasteiger partial charge >= 0.3 is 0 Å². The van der Waals surface area contributed by atoms with E-state index in [0.717, 1.165) is 0 Å². The molecule has 0 radical (unpaired) electrons. The van der Waals surface area contributed by atoms with Crippen molar-refractivity contribution in [3.05, 3.63) is 33.4 Å². The number of nitro groups is 1. The number of benzene rings is 1. The molecule has 1 fully saturated rings. The van der Waals surface area contributed by atoms with Crippen LogP contribution in [0, 0.1) is 24.0 Å². The van der Waals surface area contributed by atoms with Gasteiger partial charge in [-0.3, -0.25) is 10.1 Å². The molecule has 8 heteroatoms. The van der Waals surface area contributed by atoms with Gasteiger partial charge in [-0.2, -0.15) is 4.31 Å². The van der Waals surface area contributed by atoms with E-state index in [-0.39, 0.29) is 18.0 Å². The van der Waals surface area contributed by atoms with E-state index in [4.69, 9.17) is 0 Å². The lowest BCUT2D eigenvalue weighted by molar-refractivity contribution is -0.387. The molecule has 1 heterocycles. The minimum atomic E-state index is -3.98. The van der Waals surface area contributed by atoms with E-state index >= 15 is 0 Å². The molecule has 0 aliphatic carbocycles. The predicted molar refractivity (Wildman–Crippen MR) is 76.6 cm³/mol. The molecule has 116 valence electrons. The van der Waals surface area contributed by atoms with Crippen molar-refractivity contribution in [3.63, 3.8) is 0 Å². The van der Waals surface area contributed by atoms with Gasteiger partial charge in [-0.05, 0) is 43.9 Å². The van der Waals surface area contributed by atoms with Crippen LogP contribution in [0.2, 0.25) is 0 Å². The second-order valence-corrected chi connectivity index (χ2v) is 7.11. The first kappa shape index (κ1) is 15.9. The maximum Gasteiger partial charge on any atom is 0.289 e. The Balaban J connectivity index is 2.59. The summed E-state index contributed by atoms with van der Waals surface area (Å²) in [5, 5.41) is 20.5. The molecule has 7 nitrogen and oxygen atoms in total. The normalized spacial score (nSPS) is 19.9. The summed E-state index contributed by atoms with van der Waals surface area (Å²) in [6.07, 6.45) is 1.21. The summed E-state index contributed by atoms with van der Waals surface area (Å²) in [7, 11) is -3.98. The van der Waals surface area contributed by atoms with Crippen LogP contribution >= 0.6 is 0 Å². The molecule has 1 saturated heterocycles. The summed E-state index contributed by atoms with van der Waals surface area (Å²) in [5.41, 5.74) is 0.932. The number of hydrogen-bond donors (Lipinski definition) is 1. The van der Waals surface area contributed by atoms with Crippen LogP contribution in [-0.2, 0) is 10.0 Å². The Morgan fingerprint density at radius 2 is 2.00 bits per heavy atom. The van der Waals surface area contributed by atoms with Gasteiger partial charge in [-0.25, -0.2) is 8.42 Å². The summed E-state index contributed by atoms with van der Waals surface area (Å²) < 4.78 is 26.6. The van der Waals surface area contributed by atoms with Gasteiger partial charge in [0, 0.05) is 18.7 Å². The number of hydrogen-bond acceptors (Lipinski definition) is 5. The average molecular weight is 314 g/mol. The van der Waals surface area contributed by atoms with Crippen LogP contribution in [0.1, 0.15) is 24.0 Å². The van der Waals surface area contributed by atoms with Crippen molar-refractivity contribution in [2.75, 3.05) is 13.2 Å². The molecule has 0 spiro atoms. The highest BCUT2D eigenvalue weighted by Gasteiger charge is 2.38. The Kier molecular flexibility index (Phi) is 4.31. The average Bonchev–Trinajstić information content (AvgIpc) is 2.90. The minimum Gasteiger partial charge on any atom is -0.395 e. The van der Waals surface area contributed by atoms with Crippen LogP contribution in [0.4, 0.5) is 5.69 Å². The van der Waals surface area contributed by atoms with Gasteiger partial charge in [0.05, 0.1) is 11.5 Å². The SMILES string of the molecule is Cc1cc([N+](=O)[O-])c(S(=O)(=O)N2CCC[C@@H]2CO)cc1C. The Bertz CT molecular complexity index is 671. The molecule has 1 aliphatic heterocycles. The monoisotopic (exact) mass is 314 g/mol. The molecule has 2 rings (SSSR count). The Hall–Kier alpha value is -1.51. The maximum atomic E-state index is 12.7. The fourth-order valence-electron chi connectivity index (χ4n) is 2.56. The van der Waals surface area contributed by atoms with Gasteiger partial charge in [-0.1, -0.05) is 0 Å². The highest BCUT2D eigenvalue weighted by atomic mass is 32.2. The van der Waals surface area contributed by atoms with Gasteiger partial charge in [-0.15, -0.1) is 0 Å². The van der Waals surface area contributed by atoms with E-state index in [1.165, 1.54) is 16.4 Å². The van der Waals surface area contributed by atoms with Crippen molar-refractivity contribution in [1.29, 1.82) is 0 Å². The number of aryl methyl sites for hydroxylation is 2. The molecular weight excluding hydrogens is 296 g/mol. The summed E-state index contributed by atoms with van der Waals surface area (Å²) >= 11 is 0. The fourth-order valence-corrected chi connectivity index (χ4v) is 4.47. The molecule has 0 aromatic heterocycles. The van der Waals surface area contributed by atoms with E-state index in [0.29, 0.717) is 24.0 Å². The Morgan fingerprint density at radius 3 is 2.57 bits per heavy atom.